The lowest BCUT2D eigenvalue weighted by Crippen LogP contribution is -1.97. The van der Waals surface area contributed by atoms with Crippen LogP contribution in [0, 0.1) is 6.92 Å². The first-order valence-corrected chi connectivity index (χ1v) is 8.22. The van der Waals surface area contributed by atoms with Gasteiger partial charge < -0.3 is 4.57 Å². The van der Waals surface area contributed by atoms with Crippen LogP contribution in [0.2, 0.25) is 0 Å². The van der Waals surface area contributed by atoms with Crippen molar-refractivity contribution in [3.63, 3.8) is 0 Å². The Morgan fingerprint density at radius 1 is 1.05 bits per heavy atom. The lowest BCUT2D eigenvalue weighted by molar-refractivity contribution is 0.793. The highest BCUT2D eigenvalue weighted by atomic mass is 32.2. The van der Waals surface area contributed by atoms with Crippen LogP contribution in [0.15, 0.2) is 53.8 Å². The quantitative estimate of drug-likeness (QED) is 0.676. The van der Waals surface area contributed by atoms with E-state index in [0.29, 0.717) is 0 Å². The molecule has 2 aromatic heterocycles. The lowest BCUT2D eigenvalue weighted by atomic mass is 10.1. The average molecular weight is 310 g/mol. The first-order valence-electron chi connectivity index (χ1n) is 7.23. The maximum Gasteiger partial charge on any atom is 0.191 e. The molecule has 22 heavy (non-hydrogen) atoms. The maximum atomic E-state index is 4.34. The van der Waals surface area contributed by atoms with E-state index in [9.17, 15) is 0 Å². The molecule has 5 heteroatoms. The van der Waals surface area contributed by atoms with Crippen LogP contribution in [0.25, 0.3) is 11.4 Å². The van der Waals surface area contributed by atoms with Gasteiger partial charge in [-0.3, -0.25) is 4.98 Å². The highest BCUT2D eigenvalue weighted by Gasteiger charge is 2.10. The number of benzene rings is 1. The van der Waals surface area contributed by atoms with E-state index in [1.807, 2.05) is 29.9 Å². The molecule has 0 aliphatic heterocycles. The van der Waals surface area contributed by atoms with E-state index in [0.717, 1.165) is 34.4 Å². The molecule has 0 fully saturated rings. The summed E-state index contributed by atoms with van der Waals surface area (Å²) < 4.78 is 2.05. The smallest absolute Gasteiger partial charge is 0.191 e. The second kappa shape index (κ2) is 6.75. The number of rotatable bonds is 5. The molecule has 0 saturated heterocycles. The van der Waals surface area contributed by atoms with Crippen LogP contribution in [-0.2, 0) is 13.5 Å². The number of hydrogen-bond donors (Lipinski definition) is 0. The van der Waals surface area contributed by atoms with Gasteiger partial charge in [0.15, 0.2) is 11.0 Å². The zero-order valence-corrected chi connectivity index (χ0v) is 13.5. The third kappa shape index (κ3) is 3.36. The number of thioether (sulfide) groups is 1. The van der Waals surface area contributed by atoms with E-state index < -0.39 is 0 Å². The summed E-state index contributed by atoms with van der Waals surface area (Å²) in [6, 6.07) is 14.4. The first-order chi connectivity index (χ1) is 10.7. The van der Waals surface area contributed by atoms with E-state index in [-0.39, 0.29) is 0 Å². The topological polar surface area (TPSA) is 43.6 Å². The van der Waals surface area contributed by atoms with Crippen LogP contribution in [0.4, 0.5) is 0 Å². The van der Waals surface area contributed by atoms with Crippen molar-refractivity contribution in [1.29, 1.82) is 0 Å². The molecule has 2 heterocycles. The molecule has 3 aromatic rings. The average Bonchev–Trinajstić information content (AvgIpc) is 2.90. The van der Waals surface area contributed by atoms with Crippen molar-refractivity contribution >= 4 is 11.8 Å². The van der Waals surface area contributed by atoms with Crippen molar-refractivity contribution in [1.82, 2.24) is 19.7 Å². The number of nitrogens with zero attached hydrogens (tertiary/aromatic N) is 4. The van der Waals surface area contributed by atoms with Gasteiger partial charge in [0.25, 0.3) is 0 Å². The molecule has 1 aromatic carbocycles. The fourth-order valence-corrected chi connectivity index (χ4v) is 3.06. The number of aromatic nitrogens is 4. The van der Waals surface area contributed by atoms with Gasteiger partial charge in [0.05, 0.1) is 0 Å². The molecule has 0 N–H and O–H groups in total. The highest BCUT2D eigenvalue weighted by molar-refractivity contribution is 7.99. The summed E-state index contributed by atoms with van der Waals surface area (Å²) in [6.45, 7) is 2.08. The Labute approximate surface area is 134 Å². The minimum Gasteiger partial charge on any atom is -0.305 e. The number of pyridine rings is 1. The SMILES string of the molecule is Cc1ccc(-c2nnc(SCCc3ccccn3)n2C)cc1. The summed E-state index contributed by atoms with van der Waals surface area (Å²) in [4.78, 5) is 4.34. The molecule has 0 amide bonds. The summed E-state index contributed by atoms with van der Waals surface area (Å²) in [5, 5.41) is 9.56. The van der Waals surface area contributed by atoms with Gasteiger partial charge in [-0.2, -0.15) is 0 Å². The Balaban J connectivity index is 1.67. The van der Waals surface area contributed by atoms with Gasteiger partial charge in [-0.1, -0.05) is 47.7 Å². The van der Waals surface area contributed by atoms with Crippen molar-refractivity contribution < 1.29 is 0 Å². The molecule has 0 aliphatic rings. The second-order valence-electron chi connectivity index (χ2n) is 5.15. The van der Waals surface area contributed by atoms with Crippen molar-refractivity contribution in [3.05, 3.63) is 59.9 Å². The molecule has 0 atom stereocenters. The summed E-state index contributed by atoms with van der Waals surface area (Å²) in [5.41, 5.74) is 3.45. The minimum atomic E-state index is 0.903. The van der Waals surface area contributed by atoms with Gasteiger partial charge >= 0.3 is 0 Å². The van der Waals surface area contributed by atoms with E-state index >= 15 is 0 Å². The van der Waals surface area contributed by atoms with Gasteiger partial charge in [-0.05, 0) is 25.5 Å². The largest absolute Gasteiger partial charge is 0.305 e. The molecular formula is C17H18N4S. The molecule has 0 bridgehead atoms. The van der Waals surface area contributed by atoms with Crippen molar-refractivity contribution in [2.75, 3.05) is 5.75 Å². The Morgan fingerprint density at radius 2 is 1.86 bits per heavy atom. The predicted octanol–water partition coefficient (Wildman–Crippen LogP) is 3.52. The Kier molecular flexibility index (Phi) is 4.53. The van der Waals surface area contributed by atoms with E-state index in [1.54, 1.807) is 11.8 Å². The Hall–Kier alpha value is -2.14. The first kappa shape index (κ1) is 14.8. The van der Waals surface area contributed by atoms with Gasteiger partial charge in [0.1, 0.15) is 0 Å². The molecule has 0 saturated carbocycles. The minimum absolute atomic E-state index is 0.903. The van der Waals surface area contributed by atoms with Crippen LogP contribution in [0.3, 0.4) is 0 Å². The molecule has 0 unspecified atom stereocenters. The standard InChI is InChI=1S/C17H18N4S/c1-13-6-8-14(9-7-13)16-19-20-17(21(16)2)22-12-10-15-5-3-4-11-18-15/h3-9,11H,10,12H2,1-2H3. The van der Waals surface area contributed by atoms with E-state index in [2.05, 4.69) is 52.4 Å². The van der Waals surface area contributed by atoms with Crippen LogP contribution in [-0.4, -0.2) is 25.5 Å². The number of aryl methyl sites for hydroxylation is 2. The summed E-state index contributed by atoms with van der Waals surface area (Å²) in [5.74, 6) is 1.84. The molecule has 0 aliphatic carbocycles. The fraction of sp³-hybridized carbons (Fsp3) is 0.235. The zero-order chi connectivity index (χ0) is 15.4. The summed E-state index contributed by atoms with van der Waals surface area (Å²) >= 11 is 1.71. The van der Waals surface area contributed by atoms with Gasteiger partial charge in [-0.25, -0.2) is 0 Å². The highest BCUT2D eigenvalue weighted by Crippen LogP contribution is 2.23. The Bertz CT molecular complexity index is 735. The van der Waals surface area contributed by atoms with Gasteiger partial charge in [0.2, 0.25) is 0 Å². The summed E-state index contributed by atoms with van der Waals surface area (Å²) in [6.07, 6.45) is 2.76. The summed E-state index contributed by atoms with van der Waals surface area (Å²) in [7, 11) is 2.01. The zero-order valence-electron chi connectivity index (χ0n) is 12.7. The van der Waals surface area contributed by atoms with Gasteiger partial charge in [0, 0.05) is 30.3 Å². The fourth-order valence-electron chi connectivity index (χ4n) is 2.19. The van der Waals surface area contributed by atoms with Crippen molar-refractivity contribution in [2.24, 2.45) is 7.05 Å². The van der Waals surface area contributed by atoms with Crippen LogP contribution >= 0.6 is 11.8 Å². The van der Waals surface area contributed by atoms with Crippen molar-refractivity contribution in [2.45, 2.75) is 18.5 Å². The third-order valence-corrected chi connectivity index (χ3v) is 4.48. The monoisotopic (exact) mass is 310 g/mol. The molecule has 0 spiro atoms. The molecule has 112 valence electrons. The van der Waals surface area contributed by atoms with E-state index in [4.69, 9.17) is 0 Å². The molecular weight excluding hydrogens is 292 g/mol. The van der Waals surface area contributed by atoms with Crippen molar-refractivity contribution in [3.8, 4) is 11.4 Å². The Morgan fingerprint density at radius 3 is 2.59 bits per heavy atom. The van der Waals surface area contributed by atoms with Crippen LogP contribution in [0.5, 0.6) is 0 Å². The molecule has 3 rings (SSSR count). The van der Waals surface area contributed by atoms with E-state index in [1.165, 1.54) is 5.56 Å². The molecule has 4 nitrogen and oxygen atoms in total. The second-order valence-corrected chi connectivity index (χ2v) is 6.21. The third-order valence-electron chi connectivity index (χ3n) is 3.46. The van der Waals surface area contributed by atoms with Crippen LogP contribution < -0.4 is 0 Å². The number of hydrogen-bond acceptors (Lipinski definition) is 4. The predicted molar refractivity (Wildman–Crippen MR) is 89.8 cm³/mol. The van der Waals surface area contributed by atoms with Gasteiger partial charge in [-0.15, -0.1) is 10.2 Å². The normalized spacial score (nSPS) is 10.8. The lowest BCUT2D eigenvalue weighted by Gasteiger charge is -2.04. The maximum absolute atomic E-state index is 4.34. The molecule has 0 radical (unpaired) electrons. The van der Waals surface area contributed by atoms with Crippen LogP contribution in [0.1, 0.15) is 11.3 Å².